The van der Waals surface area contributed by atoms with Crippen LogP contribution in [-0.2, 0) is 10.0 Å². The molecule has 1 aliphatic heterocycles. The van der Waals surface area contributed by atoms with Gasteiger partial charge in [0.05, 0.1) is 11.0 Å². The van der Waals surface area contributed by atoms with Crippen LogP contribution in [0.5, 0.6) is 0 Å². The SMILES string of the molecule is CC1CC(C)CN(S(=O)(=O)c2cccc(C(C)O)c2)C1. The Morgan fingerprint density at radius 1 is 1.25 bits per heavy atom. The summed E-state index contributed by atoms with van der Waals surface area (Å²) < 4.78 is 27.0. The Kier molecular flexibility index (Phi) is 4.52. The molecule has 2 rings (SSSR count). The zero-order chi connectivity index (χ0) is 14.9. The molecule has 4 nitrogen and oxygen atoms in total. The van der Waals surface area contributed by atoms with Gasteiger partial charge >= 0.3 is 0 Å². The molecule has 1 aromatic rings. The van der Waals surface area contributed by atoms with Crippen molar-refractivity contribution < 1.29 is 13.5 Å². The molecule has 0 aliphatic carbocycles. The lowest BCUT2D eigenvalue weighted by Crippen LogP contribution is -2.42. The lowest BCUT2D eigenvalue weighted by molar-refractivity contribution is 0.199. The maximum atomic E-state index is 12.7. The maximum absolute atomic E-state index is 12.7. The van der Waals surface area contributed by atoms with Crippen molar-refractivity contribution in [3.05, 3.63) is 29.8 Å². The second-order valence-electron chi connectivity index (χ2n) is 6.02. The maximum Gasteiger partial charge on any atom is 0.243 e. The first kappa shape index (κ1) is 15.5. The molecule has 0 aromatic heterocycles. The molecule has 0 saturated carbocycles. The zero-order valence-electron chi connectivity index (χ0n) is 12.3. The van der Waals surface area contributed by atoms with E-state index in [-0.39, 0.29) is 4.90 Å². The van der Waals surface area contributed by atoms with Crippen LogP contribution in [-0.4, -0.2) is 30.9 Å². The van der Waals surface area contributed by atoms with E-state index >= 15 is 0 Å². The van der Waals surface area contributed by atoms with Gasteiger partial charge in [0, 0.05) is 13.1 Å². The van der Waals surface area contributed by atoms with Gasteiger partial charge in [-0.05, 0) is 42.9 Å². The van der Waals surface area contributed by atoms with Gasteiger partial charge in [0.25, 0.3) is 0 Å². The number of piperidine rings is 1. The van der Waals surface area contributed by atoms with E-state index in [9.17, 15) is 13.5 Å². The third-order valence-electron chi connectivity index (χ3n) is 3.81. The van der Waals surface area contributed by atoms with E-state index in [4.69, 9.17) is 0 Å². The Hall–Kier alpha value is -0.910. The summed E-state index contributed by atoms with van der Waals surface area (Å²) in [5.74, 6) is 0.766. The summed E-state index contributed by atoms with van der Waals surface area (Å²) in [6.07, 6.45) is 0.407. The molecule has 1 aromatic carbocycles. The van der Waals surface area contributed by atoms with Crippen LogP contribution in [0, 0.1) is 11.8 Å². The lowest BCUT2D eigenvalue weighted by atomic mass is 9.94. The molecular weight excluding hydrogens is 274 g/mol. The van der Waals surface area contributed by atoms with Crippen LogP contribution in [0.4, 0.5) is 0 Å². The molecular formula is C15H23NO3S. The zero-order valence-corrected chi connectivity index (χ0v) is 13.1. The highest BCUT2D eigenvalue weighted by atomic mass is 32.2. The molecule has 1 N–H and O–H groups in total. The van der Waals surface area contributed by atoms with Gasteiger partial charge in [-0.25, -0.2) is 8.42 Å². The number of aliphatic hydroxyl groups excluding tert-OH is 1. The molecule has 0 bridgehead atoms. The lowest BCUT2D eigenvalue weighted by Gasteiger charge is -2.34. The molecule has 0 spiro atoms. The molecule has 1 aliphatic rings. The number of nitrogens with zero attached hydrogens (tertiary/aromatic N) is 1. The summed E-state index contributed by atoms with van der Waals surface area (Å²) in [5, 5.41) is 9.60. The van der Waals surface area contributed by atoms with Crippen LogP contribution in [0.25, 0.3) is 0 Å². The van der Waals surface area contributed by atoms with Gasteiger partial charge in [0.1, 0.15) is 0 Å². The standard InChI is InChI=1S/C15H23NO3S/c1-11-7-12(2)10-16(9-11)20(18,19)15-6-4-5-14(8-15)13(3)17/h4-6,8,11-13,17H,7,9-10H2,1-3H3. The number of rotatable bonds is 3. The molecule has 1 fully saturated rings. The normalized spacial score (nSPS) is 26.4. The predicted octanol–water partition coefficient (Wildman–Crippen LogP) is 2.41. The van der Waals surface area contributed by atoms with Gasteiger partial charge in [-0.3, -0.25) is 0 Å². The van der Waals surface area contributed by atoms with Crippen molar-refractivity contribution in [1.82, 2.24) is 4.31 Å². The Labute approximate surface area is 121 Å². The largest absolute Gasteiger partial charge is 0.389 e. The van der Waals surface area contributed by atoms with Crippen molar-refractivity contribution in [1.29, 1.82) is 0 Å². The van der Waals surface area contributed by atoms with Crippen molar-refractivity contribution >= 4 is 10.0 Å². The van der Waals surface area contributed by atoms with E-state index < -0.39 is 16.1 Å². The number of benzene rings is 1. The summed E-state index contributed by atoms with van der Waals surface area (Å²) in [6, 6.07) is 6.60. The number of aliphatic hydroxyl groups is 1. The van der Waals surface area contributed by atoms with Gasteiger partial charge in [-0.15, -0.1) is 0 Å². The smallest absolute Gasteiger partial charge is 0.243 e. The topological polar surface area (TPSA) is 57.6 Å². The summed E-state index contributed by atoms with van der Waals surface area (Å²) in [4.78, 5) is 0.275. The number of sulfonamides is 1. The van der Waals surface area contributed by atoms with Crippen LogP contribution in [0.1, 0.15) is 38.9 Å². The van der Waals surface area contributed by atoms with Crippen LogP contribution >= 0.6 is 0 Å². The van der Waals surface area contributed by atoms with E-state index in [2.05, 4.69) is 13.8 Å². The monoisotopic (exact) mass is 297 g/mol. The van der Waals surface area contributed by atoms with Gasteiger partial charge in [0.15, 0.2) is 0 Å². The molecule has 0 amide bonds. The molecule has 3 atom stereocenters. The molecule has 112 valence electrons. The Morgan fingerprint density at radius 3 is 2.40 bits per heavy atom. The highest BCUT2D eigenvalue weighted by Gasteiger charge is 2.31. The summed E-state index contributed by atoms with van der Waals surface area (Å²) in [5.41, 5.74) is 0.629. The van der Waals surface area contributed by atoms with Crippen LogP contribution in [0.2, 0.25) is 0 Å². The van der Waals surface area contributed by atoms with E-state index in [0.717, 1.165) is 6.42 Å². The average Bonchev–Trinajstić information content (AvgIpc) is 2.37. The highest BCUT2D eigenvalue weighted by molar-refractivity contribution is 7.89. The third-order valence-corrected chi connectivity index (χ3v) is 5.64. The van der Waals surface area contributed by atoms with Crippen LogP contribution < -0.4 is 0 Å². The molecule has 3 unspecified atom stereocenters. The highest BCUT2D eigenvalue weighted by Crippen LogP contribution is 2.27. The molecule has 5 heteroatoms. The van der Waals surface area contributed by atoms with Crippen molar-refractivity contribution in [2.75, 3.05) is 13.1 Å². The number of hydrogen-bond donors (Lipinski definition) is 1. The van der Waals surface area contributed by atoms with Crippen molar-refractivity contribution in [2.45, 2.75) is 38.2 Å². The minimum Gasteiger partial charge on any atom is -0.389 e. The van der Waals surface area contributed by atoms with E-state index in [1.807, 2.05) is 0 Å². The fraction of sp³-hybridized carbons (Fsp3) is 0.600. The summed E-state index contributed by atoms with van der Waals surface area (Å²) in [6.45, 7) is 6.96. The number of hydrogen-bond acceptors (Lipinski definition) is 3. The van der Waals surface area contributed by atoms with Crippen LogP contribution in [0.15, 0.2) is 29.2 Å². The quantitative estimate of drug-likeness (QED) is 0.932. The fourth-order valence-corrected chi connectivity index (χ4v) is 4.62. The van der Waals surface area contributed by atoms with Crippen LogP contribution in [0.3, 0.4) is 0 Å². The van der Waals surface area contributed by atoms with Crippen molar-refractivity contribution in [2.24, 2.45) is 11.8 Å². The minimum absolute atomic E-state index is 0.275. The Bertz CT molecular complexity index is 558. The molecule has 1 heterocycles. The molecule has 20 heavy (non-hydrogen) atoms. The predicted molar refractivity (Wildman–Crippen MR) is 78.8 cm³/mol. The first-order valence-corrected chi connectivity index (χ1v) is 8.53. The van der Waals surface area contributed by atoms with Gasteiger partial charge in [-0.2, -0.15) is 4.31 Å². The van der Waals surface area contributed by atoms with Gasteiger partial charge in [-0.1, -0.05) is 26.0 Å². The van der Waals surface area contributed by atoms with Gasteiger partial charge < -0.3 is 5.11 Å². The van der Waals surface area contributed by atoms with E-state index in [1.54, 1.807) is 35.5 Å². The second-order valence-corrected chi connectivity index (χ2v) is 7.95. The molecule has 0 radical (unpaired) electrons. The second kappa shape index (κ2) is 5.84. The van der Waals surface area contributed by atoms with Crippen molar-refractivity contribution in [3.63, 3.8) is 0 Å². The van der Waals surface area contributed by atoms with Gasteiger partial charge in [0.2, 0.25) is 10.0 Å². The molecule has 1 saturated heterocycles. The third kappa shape index (κ3) is 3.22. The van der Waals surface area contributed by atoms with E-state index in [0.29, 0.717) is 30.5 Å². The first-order chi connectivity index (χ1) is 9.30. The first-order valence-electron chi connectivity index (χ1n) is 7.09. The van der Waals surface area contributed by atoms with E-state index in [1.165, 1.54) is 0 Å². The summed E-state index contributed by atoms with van der Waals surface area (Å²) >= 11 is 0. The fourth-order valence-electron chi connectivity index (χ4n) is 2.89. The average molecular weight is 297 g/mol. The summed E-state index contributed by atoms with van der Waals surface area (Å²) in [7, 11) is -3.46. The van der Waals surface area contributed by atoms with Crippen molar-refractivity contribution in [3.8, 4) is 0 Å². The Morgan fingerprint density at radius 2 is 1.85 bits per heavy atom. The Balaban J connectivity index is 2.32. The minimum atomic E-state index is -3.46.